The number of halogens is 3. The van der Waals surface area contributed by atoms with E-state index in [4.69, 9.17) is 9.84 Å². The fourth-order valence-corrected chi connectivity index (χ4v) is 1.31. The lowest BCUT2D eigenvalue weighted by Crippen LogP contribution is -2.05. The molecule has 0 aliphatic heterocycles. The molecule has 0 unspecified atom stereocenters. The lowest BCUT2D eigenvalue weighted by atomic mass is 10.2. The second kappa shape index (κ2) is 6.28. The van der Waals surface area contributed by atoms with Gasteiger partial charge in [-0.05, 0) is 37.1 Å². The zero-order valence-electron chi connectivity index (χ0n) is 9.54. The molecule has 1 aromatic carbocycles. The summed E-state index contributed by atoms with van der Waals surface area (Å²) in [5.74, 6) is -0.525. The van der Waals surface area contributed by atoms with Crippen LogP contribution >= 0.6 is 0 Å². The number of alkyl halides is 3. The number of benzene rings is 1. The highest BCUT2D eigenvalue weighted by molar-refractivity contribution is 5.66. The Hall–Kier alpha value is -1.72. The van der Waals surface area contributed by atoms with Crippen LogP contribution in [0.4, 0.5) is 13.2 Å². The number of hydrogen-bond acceptors (Lipinski definition) is 2. The van der Waals surface area contributed by atoms with Crippen LogP contribution < -0.4 is 4.74 Å². The van der Waals surface area contributed by atoms with E-state index in [9.17, 15) is 18.0 Å². The van der Waals surface area contributed by atoms with Crippen molar-refractivity contribution < 1.29 is 27.8 Å². The van der Waals surface area contributed by atoms with Crippen LogP contribution in [0.3, 0.4) is 0 Å². The van der Waals surface area contributed by atoms with Gasteiger partial charge in [0.1, 0.15) is 5.75 Å². The molecule has 0 bridgehead atoms. The van der Waals surface area contributed by atoms with E-state index in [-0.39, 0.29) is 6.42 Å². The smallest absolute Gasteiger partial charge is 0.416 e. The lowest BCUT2D eigenvalue weighted by molar-refractivity contribution is -0.138. The van der Waals surface area contributed by atoms with Crippen molar-refractivity contribution in [2.45, 2.75) is 25.4 Å². The molecule has 0 fully saturated rings. The van der Waals surface area contributed by atoms with E-state index in [2.05, 4.69) is 0 Å². The van der Waals surface area contributed by atoms with Gasteiger partial charge in [-0.3, -0.25) is 4.79 Å². The maximum Gasteiger partial charge on any atom is 0.416 e. The Kier molecular flexibility index (Phi) is 5.00. The first-order valence-corrected chi connectivity index (χ1v) is 5.41. The summed E-state index contributed by atoms with van der Waals surface area (Å²) in [6, 6.07) is 4.40. The molecule has 0 radical (unpaired) electrons. The summed E-state index contributed by atoms with van der Waals surface area (Å²) in [5, 5.41) is 8.39. The second-order valence-electron chi connectivity index (χ2n) is 3.72. The molecule has 6 heteroatoms. The molecule has 0 aliphatic carbocycles. The molecule has 0 saturated heterocycles. The largest absolute Gasteiger partial charge is 0.494 e. The standard InChI is InChI=1S/C12H13F3O3/c13-12(14,15)9-4-6-10(7-5-9)18-8-2-1-3-11(16)17/h4-7H,1-3,8H2,(H,16,17). The molecule has 3 nitrogen and oxygen atoms in total. The minimum Gasteiger partial charge on any atom is -0.494 e. The van der Waals surface area contributed by atoms with Crippen LogP contribution in [0.2, 0.25) is 0 Å². The highest BCUT2D eigenvalue weighted by Crippen LogP contribution is 2.30. The molecular weight excluding hydrogens is 249 g/mol. The van der Waals surface area contributed by atoms with Gasteiger partial charge in [-0.25, -0.2) is 0 Å². The molecule has 18 heavy (non-hydrogen) atoms. The fraction of sp³-hybridized carbons (Fsp3) is 0.417. The average Bonchev–Trinajstić information content (AvgIpc) is 2.27. The number of aliphatic carboxylic acids is 1. The van der Waals surface area contributed by atoms with Crippen molar-refractivity contribution in [3.8, 4) is 5.75 Å². The Bertz CT molecular complexity index is 385. The van der Waals surface area contributed by atoms with Gasteiger partial charge in [-0.1, -0.05) is 0 Å². The van der Waals surface area contributed by atoms with Crippen LogP contribution in [-0.2, 0) is 11.0 Å². The van der Waals surface area contributed by atoms with Crippen LogP contribution in [0.5, 0.6) is 5.75 Å². The van der Waals surface area contributed by atoms with Crippen LogP contribution in [-0.4, -0.2) is 17.7 Å². The molecule has 0 atom stereocenters. The number of carboxylic acid groups (broad SMARTS) is 1. The first-order chi connectivity index (χ1) is 8.39. The minimum atomic E-state index is -4.35. The van der Waals surface area contributed by atoms with Gasteiger partial charge in [-0.2, -0.15) is 13.2 Å². The van der Waals surface area contributed by atoms with E-state index >= 15 is 0 Å². The van der Waals surface area contributed by atoms with Gasteiger partial charge in [0.2, 0.25) is 0 Å². The molecule has 1 rings (SSSR count). The molecule has 0 spiro atoms. The van der Waals surface area contributed by atoms with E-state index < -0.39 is 17.7 Å². The first-order valence-electron chi connectivity index (χ1n) is 5.41. The van der Waals surface area contributed by atoms with Gasteiger partial charge in [0.25, 0.3) is 0 Å². The predicted octanol–water partition coefficient (Wildman–Crippen LogP) is 3.34. The third-order valence-electron chi connectivity index (χ3n) is 2.24. The van der Waals surface area contributed by atoms with Gasteiger partial charge < -0.3 is 9.84 Å². The SMILES string of the molecule is O=C(O)CCCCOc1ccc(C(F)(F)F)cc1. The minimum absolute atomic E-state index is 0.0658. The number of carbonyl (C=O) groups is 1. The van der Waals surface area contributed by atoms with Crippen molar-refractivity contribution in [1.82, 2.24) is 0 Å². The summed E-state index contributed by atoms with van der Waals surface area (Å²) in [7, 11) is 0. The van der Waals surface area contributed by atoms with Crippen molar-refractivity contribution in [1.29, 1.82) is 0 Å². The highest BCUT2D eigenvalue weighted by Gasteiger charge is 2.29. The zero-order chi connectivity index (χ0) is 13.6. The summed E-state index contributed by atoms with van der Waals surface area (Å²) >= 11 is 0. The Morgan fingerprint density at radius 3 is 2.28 bits per heavy atom. The summed E-state index contributed by atoms with van der Waals surface area (Å²) < 4.78 is 41.9. The first kappa shape index (κ1) is 14.3. The van der Waals surface area contributed by atoms with Gasteiger partial charge in [0, 0.05) is 6.42 Å². The van der Waals surface area contributed by atoms with Crippen LogP contribution in [0.25, 0.3) is 0 Å². The number of ether oxygens (including phenoxy) is 1. The summed E-state index contributed by atoms with van der Waals surface area (Å²) in [6.45, 7) is 0.290. The highest BCUT2D eigenvalue weighted by atomic mass is 19.4. The van der Waals surface area contributed by atoms with Gasteiger partial charge in [0.15, 0.2) is 0 Å². The Morgan fingerprint density at radius 1 is 1.17 bits per heavy atom. The molecule has 0 heterocycles. The number of rotatable bonds is 6. The molecule has 100 valence electrons. The van der Waals surface area contributed by atoms with Crippen molar-refractivity contribution in [3.05, 3.63) is 29.8 Å². The Balaban J connectivity index is 2.33. The van der Waals surface area contributed by atoms with Crippen molar-refractivity contribution in [2.75, 3.05) is 6.61 Å². The van der Waals surface area contributed by atoms with Crippen molar-refractivity contribution >= 4 is 5.97 Å². The molecule has 1 aromatic rings. The second-order valence-corrected chi connectivity index (χ2v) is 3.72. The number of unbranched alkanes of at least 4 members (excludes halogenated alkanes) is 1. The molecule has 0 aliphatic rings. The molecule has 0 amide bonds. The van der Waals surface area contributed by atoms with Crippen LogP contribution in [0, 0.1) is 0 Å². The fourth-order valence-electron chi connectivity index (χ4n) is 1.31. The topological polar surface area (TPSA) is 46.5 Å². The molecule has 1 N–H and O–H groups in total. The van der Waals surface area contributed by atoms with Gasteiger partial charge in [-0.15, -0.1) is 0 Å². The summed E-state index contributed by atoms with van der Waals surface area (Å²) in [5.41, 5.74) is -0.722. The van der Waals surface area contributed by atoms with E-state index in [1.54, 1.807) is 0 Å². The Morgan fingerprint density at radius 2 is 1.78 bits per heavy atom. The molecular formula is C12H13F3O3. The summed E-state index contributed by atoms with van der Waals surface area (Å²) in [4.78, 5) is 10.2. The number of hydrogen-bond donors (Lipinski definition) is 1. The zero-order valence-corrected chi connectivity index (χ0v) is 9.54. The third-order valence-corrected chi connectivity index (χ3v) is 2.24. The Labute approximate surface area is 102 Å². The van der Waals surface area contributed by atoms with Crippen LogP contribution in [0.15, 0.2) is 24.3 Å². The van der Waals surface area contributed by atoms with Gasteiger partial charge in [0.05, 0.1) is 12.2 Å². The molecule has 0 saturated carbocycles. The predicted molar refractivity (Wildman–Crippen MR) is 58.4 cm³/mol. The maximum atomic E-state index is 12.3. The summed E-state index contributed by atoms with van der Waals surface area (Å²) in [6.07, 6.45) is -3.25. The maximum absolute atomic E-state index is 12.3. The van der Waals surface area contributed by atoms with E-state index in [0.717, 1.165) is 12.1 Å². The van der Waals surface area contributed by atoms with Crippen LogP contribution in [0.1, 0.15) is 24.8 Å². The molecule has 0 aromatic heterocycles. The average molecular weight is 262 g/mol. The lowest BCUT2D eigenvalue weighted by Gasteiger charge is -2.08. The van der Waals surface area contributed by atoms with Crippen molar-refractivity contribution in [2.24, 2.45) is 0 Å². The van der Waals surface area contributed by atoms with E-state index in [1.807, 2.05) is 0 Å². The normalized spacial score (nSPS) is 11.3. The van der Waals surface area contributed by atoms with E-state index in [1.165, 1.54) is 12.1 Å². The monoisotopic (exact) mass is 262 g/mol. The third kappa shape index (κ3) is 5.07. The van der Waals surface area contributed by atoms with Gasteiger partial charge >= 0.3 is 12.1 Å². The number of carboxylic acids is 1. The quantitative estimate of drug-likeness (QED) is 0.800. The van der Waals surface area contributed by atoms with E-state index in [0.29, 0.717) is 25.2 Å². The van der Waals surface area contributed by atoms with Crippen molar-refractivity contribution in [3.63, 3.8) is 0 Å².